The van der Waals surface area contributed by atoms with Crippen LogP contribution in [0.5, 0.6) is 5.75 Å². The van der Waals surface area contributed by atoms with Crippen LogP contribution >= 0.6 is 0 Å². The first-order chi connectivity index (χ1) is 17.3. The Morgan fingerprint density at radius 1 is 0.917 bits per heavy atom. The predicted octanol–water partition coefficient (Wildman–Crippen LogP) is 2.88. The molecule has 6 rings (SSSR count). The van der Waals surface area contributed by atoms with E-state index in [0.29, 0.717) is 33.5 Å². The summed E-state index contributed by atoms with van der Waals surface area (Å²) < 4.78 is 3.90. The summed E-state index contributed by atoms with van der Waals surface area (Å²) >= 11 is 0. The maximum absolute atomic E-state index is 13.7. The lowest BCUT2D eigenvalue weighted by atomic mass is 9.67. The lowest BCUT2D eigenvalue weighted by Crippen LogP contribution is -2.40. The average Bonchev–Trinajstić information content (AvgIpc) is 3.13. The zero-order valence-electron chi connectivity index (χ0n) is 19.8. The molecule has 3 aromatic rings. The Labute approximate surface area is 205 Å². The van der Waals surface area contributed by atoms with E-state index in [-0.39, 0.29) is 30.3 Å². The number of rotatable bonds is 2. The molecule has 0 saturated heterocycles. The van der Waals surface area contributed by atoms with Crippen molar-refractivity contribution in [1.82, 2.24) is 13.9 Å². The lowest BCUT2D eigenvalue weighted by molar-refractivity contribution is -0.116. The van der Waals surface area contributed by atoms with E-state index >= 15 is 0 Å². The number of ketones is 2. The van der Waals surface area contributed by atoms with Crippen LogP contribution in [-0.2, 0) is 16.1 Å². The van der Waals surface area contributed by atoms with Gasteiger partial charge < -0.3 is 5.11 Å². The highest BCUT2D eigenvalue weighted by Crippen LogP contribution is 2.51. The third-order valence-corrected chi connectivity index (χ3v) is 7.43. The molecule has 0 saturated carbocycles. The van der Waals surface area contributed by atoms with E-state index in [4.69, 9.17) is 0 Å². The Bertz CT molecular complexity index is 1690. The first-order valence-electron chi connectivity index (χ1n) is 11.8. The molecule has 3 aliphatic rings. The number of allylic oxidation sites excluding steroid dienone is 6. The largest absolute Gasteiger partial charge is 0.507 e. The van der Waals surface area contributed by atoms with E-state index in [1.807, 2.05) is 6.08 Å². The molecule has 0 amide bonds. The second-order valence-corrected chi connectivity index (χ2v) is 9.45. The number of para-hydroxylation sites is 2. The van der Waals surface area contributed by atoms with Crippen molar-refractivity contribution in [2.45, 2.75) is 38.8 Å². The van der Waals surface area contributed by atoms with E-state index in [1.54, 1.807) is 62.4 Å². The number of carbonyl (C=O) groups excluding carboxylic acids is 2. The van der Waals surface area contributed by atoms with Crippen molar-refractivity contribution in [2.24, 2.45) is 0 Å². The van der Waals surface area contributed by atoms with Crippen molar-refractivity contribution in [3.8, 4) is 11.4 Å². The summed E-state index contributed by atoms with van der Waals surface area (Å²) in [6, 6.07) is 13.3. The van der Waals surface area contributed by atoms with Crippen LogP contribution in [0.1, 0.15) is 36.4 Å². The Morgan fingerprint density at radius 2 is 1.67 bits per heavy atom. The summed E-state index contributed by atoms with van der Waals surface area (Å²) in [6.45, 7) is 3.51. The molecule has 36 heavy (non-hydrogen) atoms. The maximum Gasteiger partial charge on any atom is 0.352 e. The summed E-state index contributed by atoms with van der Waals surface area (Å²) in [7, 11) is 0. The molecule has 1 aliphatic heterocycles. The Hall–Kier alpha value is -4.46. The molecule has 8 nitrogen and oxygen atoms in total. The fraction of sp³-hybridized carbons (Fsp3) is 0.214. The summed E-state index contributed by atoms with van der Waals surface area (Å²) in [6.07, 6.45) is 3.29. The van der Waals surface area contributed by atoms with Crippen LogP contribution in [0.15, 0.2) is 92.6 Å². The van der Waals surface area contributed by atoms with Gasteiger partial charge in [-0.3, -0.25) is 9.59 Å². The second-order valence-electron chi connectivity index (χ2n) is 9.45. The summed E-state index contributed by atoms with van der Waals surface area (Å²) in [5.41, 5.74) is 2.33. The second kappa shape index (κ2) is 7.78. The van der Waals surface area contributed by atoms with Crippen molar-refractivity contribution in [2.75, 3.05) is 0 Å². The Balaban J connectivity index is 1.61. The highest BCUT2D eigenvalue weighted by Gasteiger charge is 2.45. The summed E-state index contributed by atoms with van der Waals surface area (Å²) in [5, 5.41) is 11.0. The van der Waals surface area contributed by atoms with Gasteiger partial charge >= 0.3 is 11.4 Å². The van der Waals surface area contributed by atoms with Crippen LogP contribution in [-0.4, -0.2) is 30.6 Å². The number of nitrogens with zero attached hydrogens (tertiary/aromatic N) is 3. The van der Waals surface area contributed by atoms with Crippen molar-refractivity contribution in [3.05, 3.63) is 115 Å². The van der Waals surface area contributed by atoms with E-state index in [2.05, 4.69) is 0 Å². The highest BCUT2D eigenvalue weighted by molar-refractivity contribution is 6.23. The first-order valence-corrected chi connectivity index (χ1v) is 11.8. The van der Waals surface area contributed by atoms with Crippen LogP contribution in [0.4, 0.5) is 0 Å². The molecule has 0 unspecified atom stereocenters. The van der Waals surface area contributed by atoms with E-state index in [1.165, 1.54) is 15.4 Å². The quantitative estimate of drug-likeness (QED) is 0.448. The minimum Gasteiger partial charge on any atom is -0.507 e. The van der Waals surface area contributed by atoms with E-state index in [9.17, 15) is 24.3 Å². The van der Waals surface area contributed by atoms with Crippen LogP contribution in [0.3, 0.4) is 0 Å². The summed E-state index contributed by atoms with van der Waals surface area (Å²) in [5.74, 6) is -1.20. The monoisotopic (exact) mass is 481 g/mol. The number of hydrogen-bond donors (Lipinski definition) is 1. The minimum absolute atomic E-state index is 0.0421. The minimum atomic E-state index is -0.713. The topological polar surface area (TPSA) is 103 Å². The van der Waals surface area contributed by atoms with Gasteiger partial charge in [0.2, 0.25) is 0 Å². The van der Waals surface area contributed by atoms with Gasteiger partial charge in [0.1, 0.15) is 5.75 Å². The fourth-order valence-electron chi connectivity index (χ4n) is 5.70. The lowest BCUT2D eigenvalue weighted by Gasteiger charge is -2.39. The van der Waals surface area contributed by atoms with Crippen molar-refractivity contribution >= 4 is 11.6 Å². The molecule has 2 aliphatic carbocycles. The third kappa shape index (κ3) is 2.94. The van der Waals surface area contributed by atoms with Gasteiger partial charge in [-0.05, 0) is 43.2 Å². The molecule has 2 heterocycles. The van der Waals surface area contributed by atoms with Crippen LogP contribution in [0.25, 0.3) is 5.69 Å². The number of hydrogen-bond acceptors (Lipinski definition) is 5. The fourth-order valence-corrected chi connectivity index (χ4v) is 5.70. The zero-order chi connectivity index (χ0) is 25.3. The van der Waals surface area contributed by atoms with E-state index < -0.39 is 23.3 Å². The number of carbonyl (C=O) groups is 2. The number of phenols is 1. The van der Waals surface area contributed by atoms with Crippen molar-refractivity contribution in [3.63, 3.8) is 0 Å². The molecule has 8 heteroatoms. The molecule has 0 spiro atoms. The maximum atomic E-state index is 13.7. The van der Waals surface area contributed by atoms with Crippen molar-refractivity contribution in [1.29, 1.82) is 0 Å². The van der Waals surface area contributed by atoms with Gasteiger partial charge in [0, 0.05) is 34.6 Å². The predicted molar refractivity (Wildman–Crippen MR) is 132 cm³/mol. The Morgan fingerprint density at radius 3 is 2.42 bits per heavy atom. The summed E-state index contributed by atoms with van der Waals surface area (Å²) in [4.78, 5) is 53.5. The van der Waals surface area contributed by atoms with Crippen LogP contribution < -0.4 is 11.4 Å². The number of benzene rings is 2. The first kappa shape index (κ1) is 22.0. The van der Waals surface area contributed by atoms with E-state index in [0.717, 1.165) is 10.1 Å². The molecule has 180 valence electrons. The highest BCUT2D eigenvalue weighted by atomic mass is 16.3. The number of aryl methyl sites for hydroxylation is 1. The van der Waals surface area contributed by atoms with Gasteiger partial charge in [0.25, 0.3) is 0 Å². The number of Topliss-reactive ketones (excluding diaryl/α,β-unsaturated/α-hetero) is 1. The standard InChI is InChI=1S/C28H23N3O5/c1-15-7-6-10-19(25(15)33)23-18-11-12-29-27(35)30(17-8-4-3-5-9-17)28(36)31(29)21(18)14-20-22(32)13-16(2)26(34)24(20)23/h3-11,13,21,23,33H,12,14H2,1-2H3/t21-,23-/m1/s1. The van der Waals surface area contributed by atoms with Gasteiger partial charge in [-0.2, -0.15) is 0 Å². The molecular formula is C28H23N3O5. The molecule has 1 N–H and O–H groups in total. The molecule has 2 atom stereocenters. The molecule has 2 aromatic carbocycles. The van der Waals surface area contributed by atoms with Gasteiger partial charge in [-0.25, -0.2) is 23.5 Å². The smallest absolute Gasteiger partial charge is 0.352 e. The number of aromatic nitrogens is 3. The normalized spacial score (nSPS) is 20.9. The Kier molecular flexibility index (Phi) is 4.76. The molecule has 0 fully saturated rings. The number of aromatic hydroxyl groups is 1. The average molecular weight is 482 g/mol. The third-order valence-electron chi connectivity index (χ3n) is 7.43. The van der Waals surface area contributed by atoms with Crippen LogP contribution in [0, 0.1) is 6.92 Å². The number of phenolic OH excluding ortho intramolecular Hbond substituents is 1. The molecule has 0 radical (unpaired) electrons. The number of fused-ring (bicyclic) bond motifs is 3. The van der Waals surface area contributed by atoms with Gasteiger partial charge in [0.15, 0.2) is 11.6 Å². The molecule has 1 aromatic heterocycles. The van der Waals surface area contributed by atoms with Gasteiger partial charge in [-0.1, -0.05) is 42.5 Å². The molecule has 0 bridgehead atoms. The van der Waals surface area contributed by atoms with Gasteiger partial charge in [-0.15, -0.1) is 0 Å². The van der Waals surface area contributed by atoms with Crippen molar-refractivity contribution < 1.29 is 14.7 Å². The van der Waals surface area contributed by atoms with Crippen LogP contribution in [0.2, 0.25) is 0 Å². The SMILES string of the molecule is CC1=CC(=O)C2=C(C1=O)[C@@H](c1cccc(C)c1O)C1=CCn3c(=O)n(-c4ccccc4)c(=O)n3[C@@H]1C2. The molecular weight excluding hydrogens is 458 g/mol. The van der Waals surface area contributed by atoms with Gasteiger partial charge in [0.05, 0.1) is 18.3 Å². The zero-order valence-corrected chi connectivity index (χ0v) is 19.8.